The highest BCUT2D eigenvalue weighted by molar-refractivity contribution is 6.04. The summed E-state index contributed by atoms with van der Waals surface area (Å²) in [6.07, 6.45) is 1.85. The first-order valence-corrected chi connectivity index (χ1v) is 10.3. The largest absolute Gasteiger partial charge is 0.481 e. The number of benzene rings is 2. The lowest BCUT2D eigenvalue weighted by molar-refractivity contribution is -0.139. The first kappa shape index (κ1) is 23.0. The molecule has 1 atom stereocenters. The number of rotatable bonds is 9. The van der Waals surface area contributed by atoms with Crippen molar-refractivity contribution in [2.75, 3.05) is 26.8 Å². The Kier molecular flexibility index (Phi) is 7.60. The number of nitrogens with zero attached hydrogens (tertiary/aromatic N) is 2. The van der Waals surface area contributed by atoms with E-state index in [4.69, 9.17) is 14.9 Å². The molecule has 0 aromatic heterocycles. The van der Waals surface area contributed by atoms with Crippen LogP contribution in [0.5, 0.6) is 5.75 Å². The first-order valence-electron chi connectivity index (χ1n) is 10.3. The number of nitrogens with one attached hydrogen (secondary N) is 2. The zero-order valence-electron chi connectivity index (χ0n) is 17.9. The zero-order chi connectivity index (χ0) is 23.1. The summed E-state index contributed by atoms with van der Waals surface area (Å²) < 4.78 is 5.17. The maximum absolute atomic E-state index is 10.7. The summed E-state index contributed by atoms with van der Waals surface area (Å²) in [4.78, 5) is 15.2. The number of hydrogen-bond donors (Lipinski definition) is 4. The van der Waals surface area contributed by atoms with E-state index in [0.717, 1.165) is 18.4 Å². The second kappa shape index (κ2) is 10.6. The molecule has 0 aliphatic heterocycles. The molecule has 8 heteroatoms. The SMILES string of the molecule is C=C(NC(=NC)c1cccc2c1CCC2NCCO)c1ccc(OCC(=O)O)c(C#N)c1. The number of amidine groups is 1. The minimum Gasteiger partial charge on any atom is -0.481 e. The maximum atomic E-state index is 10.7. The second-order valence-corrected chi connectivity index (χ2v) is 7.32. The lowest BCUT2D eigenvalue weighted by Crippen LogP contribution is -2.25. The van der Waals surface area contributed by atoms with Crippen molar-refractivity contribution >= 4 is 17.5 Å². The first-order chi connectivity index (χ1) is 15.5. The minimum absolute atomic E-state index is 0.0966. The molecule has 1 aliphatic rings. The molecule has 0 saturated carbocycles. The number of aliphatic hydroxyl groups is 1. The van der Waals surface area contributed by atoms with Gasteiger partial charge < -0.3 is 25.6 Å². The predicted octanol–water partition coefficient (Wildman–Crippen LogP) is 2.23. The minimum atomic E-state index is -1.11. The Labute approximate surface area is 186 Å². The fourth-order valence-corrected chi connectivity index (χ4v) is 3.86. The lowest BCUT2D eigenvalue weighted by atomic mass is 10.0. The smallest absolute Gasteiger partial charge is 0.341 e. The van der Waals surface area contributed by atoms with Crippen LogP contribution in [0.3, 0.4) is 0 Å². The van der Waals surface area contributed by atoms with Crippen molar-refractivity contribution in [2.45, 2.75) is 18.9 Å². The standard InChI is InChI=1S/C24H26N4O4/c1-15(16-6-9-22(17(12-16)13-25)32-14-23(30)31)28-24(26-2)20-5-3-4-19-18(20)7-8-21(19)27-10-11-29/h3-6,9,12,21,27,29H,1,7-8,10-11,14H2,2H3,(H,26,28)(H,30,31). The van der Waals surface area contributed by atoms with Gasteiger partial charge in [-0.05, 0) is 47.7 Å². The van der Waals surface area contributed by atoms with Gasteiger partial charge in [-0.15, -0.1) is 0 Å². The van der Waals surface area contributed by atoms with E-state index in [2.05, 4.69) is 28.3 Å². The predicted molar refractivity (Wildman–Crippen MR) is 122 cm³/mol. The molecular formula is C24H26N4O4. The van der Waals surface area contributed by atoms with Crippen molar-refractivity contribution < 1.29 is 19.7 Å². The fourth-order valence-electron chi connectivity index (χ4n) is 3.86. The van der Waals surface area contributed by atoms with Crippen LogP contribution in [-0.4, -0.2) is 48.8 Å². The molecule has 2 aromatic rings. The van der Waals surface area contributed by atoms with Gasteiger partial charge in [0, 0.05) is 30.9 Å². The van der Waals surface area contributed by atoms with Gasteiger partial charge in [0.25, 0.3) is 0 Å². The van der Waals surface area contributed by atoms with Crippen molar-refractivity contribution in [1.29, 1.82) is 5.26 Å². The fraction of sp³-hybridized carbons (Fsp3) is 0.292. The average molecular weight is 434 g/mol. The zero-order valence-corrected chi connectivity index (χ0v) is 17.9. The molecule has 2 aromatic carbocycles. The molecule has 0 heterocycles. The van der Waals surface area contributed by atoms with Crippen LogP contribution in [0.15, 0.2) is 48.0 Å². The number of carboxylic acids is 1. The molecule has 32 heavy (non-hydrogen) atoms. The Bertz CT molecular complexity index is 1090. The summed E-state index contributed by atoms with van der Waals surface area (Å²) in [7, 11) is 1.70. The third kappa shape index (κ3) is 5.14. The van der Waals surface area contributed by atoms with Crippen LogP contribution in [0, 0.1) is 11.3 Å². The van der Waals surface area contributed by atoms with Crippen molar-refractivity contribution in [3.05, 3.63) is 70.8 Å². The Hall–Kier alpha value is -3.67. The topological polar surface area (TPSA) is 127 Å². The van der Waals surface area contributed by atoms with Crippen LogP contribution in [0.1, 0.15) is 40.3 Å². The van der Waals surface area contributed by atoms with E-state index in [1.807, 2.05) is 18.2 Å². The van der Waals surface area contributed by atoms with Gasteiger partial charge in [-0.1, -0.05) is 24.8 Å². The molecule has 3 rings (SSSR count). The van der Waals surface area contributed by atoms with Crippen molar-refractivity contribution in [3.8, 4) is 11.8 Å². The van der Waals surface area contributed by atoms with Gasteiger partial charge >= 0.3 is 5.97 Å². The maximum Gasteiger partial charge on any atom is 0.341 e. The number of fused-ring (bicyclic) bond motifs is 1. The van der Waals surface area contributed by atoms with Gasteiger partial charge in [0.15, 0.2) is 6.61 Å². The summed E-state index contributed by atoms with van der Waals surface area (Å²) in [5.41, 5.74) is 4.84. The average Bonchev–Trinajstić information content (AvgIpc) is 3.22. The lowest BCUT2D eigenvalue weighted by Gasteiger charge is -2.17. The molecule has 8 nitrogen and oxygen atoms in total. The summed E-state index contributed by atoms with van der Waals surface area (Å²) in [6.45, 7) is 4.21. The van der Waals surface area contributed by atoms with Crippen LogP contribution in [-0.2, 0) is 11.2 Å². The van der Waals surface area contributed by atoms with Crippen molar-refractivity contribution in [3.63, 3.8) is 0 Å². The van der Waals surface area contributed by atoms with E-state index >= 15 is 0 Å². The van der Waals surface area contributed by atoms with Gasteiger partial charge in [0.2, 0.25) is 0 Å². The van der Waals surface area contributed by atoms with Gasteiger partial charge in [-0.25, -0.2) is 4.79 Å². The third-order valence-electron chi connectivity index (χ3n) is 5.32. The van der Waals surface area contributed by atoms with Crippen molar-refractivity contribution in [1.82, 2.24) is 10.6 Å². The molecule has 4 N–H and O–H groups in total. The molecule has 1 unspecified atom stereocenters. The van der Waals surface area contributed by atoms with E-state index in [0.29, 0.717) is 23.6 Å². The van der Waals surface area contributed by atoms with Crippen LogP contribution < -0.4 is 15.4 Å². The van der Waals surface area contributed by atoms with E-state index < -0.39 is 12.6 Å². The number of carbonyl (C=O) groups is 1. The molecule has 0 bridgehead atoms. The molecule has 0 fully saturated rings. The highest BCUT2D eigenvalue weighted by Crippen LogP contribution is 2.33. The normalized spacial score (nSPS) is 15.0. The second-order valence-electron chi connectivity index (χ2n) is 7.32. The monoisotopic (exact) mass is 434 g/mol. The molecular weight excluding hydrogens is 408 g/mol. The van der Waals surface area contributed by atoms with Gasteiger partial charge in [0.1, 0.15) is 17.7 Å². The Balaban J connectivity index is 1.80. The molecule has 166 valence electrons. The highest BCUT2D eigenvalue weighted by Gasteiger charge is 2.25. The van der Waals surface area contributed by atoms with Crippen LogP contribution in [0.2, 0.25) is 0 Å². The van der Waals surface area contributed by atoms with E-state index in [9.17, 15) is 10.1 Å². The number of ether oxygens (including phenoxy) is 1. The Morgan fingerprint density at radius 2 is 2.19 bits per heavy atom. The number of aliphatic carboxylic acids is 1. The van der Waals surface area contributed by atoms with E-state index in [1.165, 1.54) is 11.1 Å². The molecule has 0 spiro atoms. The highest BCUT2D eigenvalue weighted by atomic mass is 16.5. The molecule has 0 saturated heterocycles. The Morgan fingerprint density at radius 1 is 1.38 bits per heavy atom. The molecule has 1 aliphatic carbocycles. The summed E-state index contributed by atoms with van der Waals surface area (Å²) in [6, 6.07) is 13.2. The third-order valence-corrected chi connectivity index (χ3v) is 5.32. The van der Waals surface area contributed by atoms with Gasteiger partial charge in [-0.3, -0.25) is 4.99 Å². The van der Waals surface area contributed by atoms with Crippen LogP contribution in [0.25, 0.3) is 5.70 Å². The van der Waals surface area contributed by atoms with E-state index in [-0.39, 0.29) is 24.0 Å². The van der Waals surface area contributed by atoms with E-state index in [1.54, 1.807) is 25.2 Å². The molecule has 0 amide bonds. The Morgan fingerprint density at radius 3 is 2.88 bits per heavy atom. The quantitative estimate of drug-likeness (QED) is 0.352. The van der Waals surface area contributed by atoms with Gasteiger partial charge in [0.05, 0.1) is 12.2 Å². The van der Waals surface area contributed by atoms with Crippen LogP contribution >= 0.6 is 0 Å². The summed E-state index contributed by atoms with van der Waals surface area (Å²) >= 11 is 0. The number of aliphatic hydroxyl groups excluding tert-OH is 1. The van der Waals surface area contributed by atoms with Crippen LogP contribution in [0.4, 0.5) is 0 Å². The molecule has 0 radical (unpaired) electrons. The number of nitriles is 1. The van der Waals surface area contributed by atoms with Gasteiger partial charge in [-0.2, -0.15) is 5.26 Å². The summed E-state index contributed by atoms with van der Waals surface area (Å²) in [5, 5.41) is 33.9. The van der Waals surface area contributed by atoms with Crippen molar-refractivity contribution in [2.24, 2.45) is 4.99 Å². The summed E-state index contributed by atoms with van der Waals surface area (Å²) in [5.74, 6) is -0.241. The number of carboxylic acid groups (broad SMARTS) is 1. The number of hydrogen-bond acceptors (Lipinski definition) is 6. The number of aliphatic imine (C=N–C) groups is 1.